The van der Waals surface area contributed by atoms with Gasteiger partial charge in [-0.15, -0.1) is 11.3 Å². The predicted molar refractivity (Wildman–Crippen MR) is 106 cm³/mol. The van der Waals surface area contributed by atoms with E-state index >= 15 is 0 Å². The Morgan fingerprint density at radius 2 is 2.08 bits per heavy atom. The number of amides is 1. The van der Waals surface area contributed by atoms with Gasteiger partial charge in [0.1, 0.15) is 5.82 Å². The van der Waals surface area contributed by atoms with Crippen LogP contribution in [0.5, 0.6) is 0 Å². The number of carbonyl (C=O) groups is 1. The van der Waals surface area contributed by atoms with Gasteiger partial charge in [0, 0.05) is 26.6 Å². The number of thiophene rings is 1. The summed E-state index contributed by atoms with van der Waals surface area (Å²) in [6, 6.07) is 12.0. The Morgan fingerprint density at radius 3 is 2.88 bits per heavy atom. The topological polar surface area (TPSA) is 56.1 Å². The number of aryl methyl sites for hydroxylation is 1. The number of methoxy groups -OCH3 is 1. The van der Waals surface area contributed by atoms with Gasteiger partial charge in [-0.25, -0.2) is 4.98 Å². The van der Waals surface area contributed by atoms with Crippen molar-refractivity contribution in [3.8, 4) is 0 Å². The Bertz CT molecular complexity index is 827. The average molecular weight is 372 g/mol. The zero-order valence-electron chi connectivity index (χ0n) is 15.1. The molecule has 2 aromatic heterocycles. The summed E-state index contributed by atoms with van der Waals surface area (Å²) in [6.07, 6.45) is 4.05. The first kappa shape index (κ1) is 18.6. The van der Waals surface area contributed by atoms with Crippen LogP contribution in [0.4, 0.5) is 0 Å². The van der Waals surface area contributed by atoms with Crippen LogP contribution in [0, 0.1) is 0 Å². The zero-order chi connectivity index (χ0) is 18.2. The van der Waals surface area contributed by atoms with E-state index in [1.165, 1.54) is 16.9 Å². The fourth-order valence-corrected chi connectivity index (χ4v) is 3.67. The van der Waals surface area contributed by atoms with Gasteiger partial charge in [0.2, 0.25) is 0 Å². The number of imidazole rings is 1. The Hall–Kier alpha value is -2.18. The lowest BCUT2D eigenvalue weighted by molar-refractivity contribution is 0.0957. The SMILES string of the molecule is COCCn1c(CCCCCNC(=O)c2cccs2)nc2ccccc21. The molecule has 0 aliphatic rings. The maximum absolute atomic E-state index is 11.9. The van der Waals surface area contributed by atoms with E-state index in [1.807, 2.05) is 29.6 Å². The monoisotopic (exact) mass is 371 g/mol. The van der Waals surface area contributed by atoms with Crippen molar-refractivity contribution in [1.29, 1.82) is 0 Å². The van der Waals surface area contributed by atoms with Crippen LogP contribution in [-0.2, 0) is 17.7 Å². The van der Waals surface area contributed by atoms with Crippen molar-refractivity contribution < 1.29 is 9.53 Å². The van der Waals surface area contributed by atoms with Crippen molar-refractivity contribution in [3.63, 3.8) is 0 Å². The summed E-state index contributed by atoms with van der Waals surface area (Å²) in [5.74, 6) is 1.15. The first-order chi connectivity index (χ1) is 12.8. The Morgan fingerprint density at radius 1 is 1.19 bits per heavy atom. The van der Waals surface area contributed by atoms with Gasteiger partial charge in [-0.2, -0.15) is 0 Å². The third kappa shape index (κ3) is 4.71. The van der Waals surface area contributed by atoms with Crippen LogP contribution < -0.4 is 5.32 Å². The Labute approximate surface area is 158 Å². The van der Waals surface area contributed by atoms with Gasteiger partial charge in [-0.05, 0) is 36.4 Å². The molecule has 3 aromatic rings. The molecule has 0 saturated heterocycles. The summed E-state index contributed by atoms with van der Waals surface area (Å²) in [7, 11) is 1.73. The molecule has 138 valence electrons. The van der Waals surface area contributed by atoms with Crippen molar-refractivity contribution >= 4 is 28.3 Å². The number of hydrogen-bond acceptors (Lipinski definition) is 4. The summed E-state index contributed by atoms with van der Waals surface area (Å²) in [5, 5.41) is 4.90. The maximum atomic E-state index is 11.9. The van der Waals surface area contributed by atoms with Crippen LogP contribution in [0.2, 0.25) is 0 Å². The minimum atomic E-state index is 0.0290. The molecular formula is C20H25N3O2S. The highest BCUT2D eigenvalue weighted by molar-refractivity contribution is 7.12. The van der Waals surface area contributed by atoms with Gasteiger partial charge in [0.15, 0.2) is 0 Å². The van der Waals surface area contributed by atoms with Gasteiger partial charge in [0.05, 0.1) is 22.5 Å². The van der Waals surface area contributed by atoms with Crippen LogP contribution in [0.25, 0.3) is 11.0 Å². The van der Waals surface area contributed by atoms with Gasteiger partial charge in [-0.1, -0.05) is 24.6 Å². The predicted octanol–water partition coefficient (Wildman–Crippen LogP) is 3.89. The molecule has 0 spiro atoms. The third-order valence-electron chi connectivity index (χ3n) is 4.36. The van der Waals surface area contributed by atoms with E-state index in [1.54, 1.807) is 7.11 Å². The molecule has 1 N–H and O–H groups in total. The van der Waals surface area contributed by atoms with E-state index in [0.29, 0.717) is 6.61 Å². The molecule has 0 atom stereocenters. The minimum absolute atomic E-state index is 0.0290. The zero-order valence-corrected chi connectivity index (χ0v) is 15.9. The average Bonchev–Trinajstić information content (AvgIpc) is 3.30. The second-order valence-corrected chi connectivity index (χ2v) is 7.15. The molecule has 26 heavy (non-hydrogen) atoms. The number of para-hydroxylation sites is 2. The van der Waals surface area contributed by atoms with Crippen LogP contribution >= 0.6 is 11.3 Å². The van der Waals surface area contributed by atoms with Crippen LogP contribution in [0.3, 0.4) is 0 Å². The normalized spacial score (nSPS) is 11.1. The summed E-state index contributed by atoms with van der Waals surface area (Å²) < 4.78 is 7.50. The van der Waals surface area contributed by atoms with Crippen molar-refractivity contribution in [3.05, 3.63) is 52.5 Å². The summed E-state index contributed by atoms with van der Waals surface area (Å²) in [6.45, 7) is 2.22. The maximum Gasteiger partial charge on any atom is 0.261 e. The second kappa shape index (κ2) is 9.50. The molecule has 2 heterocycles. The highest BCUT2D eigenvalue weighted by atomic mass is 32.1. The molecule has 0 saturated carbocycles. The first-order valence-electron chi connectivity index (χ1n) is 9.04. The van der Waals surface area contributed by atoms with E-state index < -0.39 is 0 Å². The number of nitrogens with zero attached hydrogens (tertiary/aromatic N) is 2. The van der Waals surface area contributed by atoms with E-state index in [4.69, 9.17) is 9.72 Å². The standard InChI is InChI=1S/C20H25N3O2S/c1-25-14-13-23-17-9-5-4-8-16(17)22-19(23)11-3-2-6-12-21-20(24)18-10-7-15-26-18/h4-5,7-10,15H,2-3,6,11-14H2,1H3,(H,21,24). The lowest BCUT2D eigenvalue weighted by Crippen LogP contribution is -2.23. The largest absolute Gasteiger partial charge is 0.383 e. The van der Waals surface area contributed by atoms with Crippen LogP contribution in [0.15, 0.2) is 41.8 Å². The molecule has 0 bridgehead atoms. The molecule has 6 heteroatoms. The third-order valence-corrected chi connectivity index (χ3v) is 5.23. The molecule has 0 unspecified atom stereocenters. The highest BCUT2D eigenvalue weighted by Crippen LogP contribution is 2.18. The smallest absolute Gasteiger partial charge is 0.261 e. The van der Waals surface area contributed by atoms with Gasteiger partial charge in [-0.3, -0.25) is 4.79 Å². The number of unbranched alkanes of at least 4 members (excludes halogenated alkanes) is 2. The lowest BCUT2D eigenvalue weighted by atomic mass is 10.2. The number of carbonyl (C=O) groups excluding carboxylic acids is 1. The fourth-order valence-electron chi connectivity index (χ4n) is 3.03. The minimum Gasteiger partial charge on any atom is -0.383 e. The lowest BCUT2D eigenvalue weighted by Gasteiger charge is -2.09. The molecule has 0 fully saturated rings. The molecule has 3 rings (SSSR count). The molecule has 1 aromatic carbocycles. The number of hydrogen-bond donors (Lipinski definition) is 1. The van der Waals surface area contributed by atoms with Gasteiger partial charge in [0.25, 0.3) is 5.91 Å². The van der Waals surface area contributed by atoms with E-state index in [-0.39, 0.29) is 5.91 Å². The number of rotatable bonds is 10. The van der Waals surface area contributed by atoms with Gasteiger partial charge >= 0.3 is 0 Å². The van der Waals surface area contributed by atoms with E-state index in [9.17, 15) is 4.79 Å². The van der Waals surface area contributed by atoms with Crippen molar-refractivity contribution in [2.45, 2.75) is 32.2 Å². The fraction of sp³-hybridized carbons (Fsp3) is 0.400. The summed E-state index contributed by atoms with van der Waals surface area (Å²) in [4.78, 5) is 17.4. The molecule has 1 amide bonds. The number of aromatic nitrogens is 2. The number of nitrogens with one attached hydrogen (secondary N) is 1. The number of benzene rings is 1. The molecule has 0 aliphatic carbocycles. The van der Waals surface area contributed by atoms with Crippen molar-refractivity contribution in [2.24, 2.45) is 0 Å². The Kier molecular flexibility index (Phi) is 6.80. The number of ether oxygens (including phenoxy) is 1. The van der Waals surface area contributed by atoms with Crippen molar-refractivity contribution in [2.75, 3.05) is 20.3 Å². The molecule has 0 aliphatic heterocycles. The molecular weight excluding hydrogens is 346 g/mol. The van der Waals surface area contributed by atoms with E-state index in [0.717, 1.165) is 55.0 Å². The Balaban J connectivity index is 1.46. The number of fused-ring (bicyclic) bond motifs is 1. The van der Waals surface area contributed by atoms with Crippen LogP contribution in [-0.4, -0.2) is 35.7 Å². The summed E-state index contributed by atoms with van der Waals surface area (Å²) >= 11 is 1.47. The first-order valence-corrected chi connectivity index (χ1v) is 9.92. The van der Waals surface area contributed by atoms with E-state index in [2.05, 4.69) is 22.0 Å². The quantitative estimate of drug-likeness (QED) is 0.550. The molecule has 5 nitrogen and oxygen atoms in total. The van der Waals surface area contributed by atoms with Gasteiger partial charge < -0.3 is 14.6 Å². The highest BCUT2D eigenvalue weighted by Gasteiger charge is 2.10. The molecule has 0 radical (unpaired) electrons. The van der Waals surface area contributed by atoms with Crippen molar-refractivity contribution in [1.82, 2.24) is 14.9 Å². The second-order valence-electron chi connectivity index (χ2n) is 6.21. The van der Waals surface area contributed by atoms with Crippen LogP contribution in [0.1, 0.15) is 34.8 Å². The summed E-state index contributed by atoms with van der Waals surface area (Å²) in [5.41, 5.74) is 2.21.